The molecule has 0 aliphatic carbocycles. The van der Waals surface area contributed by atoms with Crippen LogP contribution in [-0.4, -0.2) is 9.97 Å². The monoisotopic (exact) mass is 792 g/mol. The molecule has 2 nitrogen and oxygen atoms in total. The zero-order valence-electron chi connectivity index (χ0n) is 33.1. The van der Waals surface area contributed by atoms with Crippen LogP contribution in [0.2, 0.25) is 0 Å². The minimum Gasteiger partial charge on any atom is -0.228 e. The molecular formula is C58H36N2S. The van der Waals surface area contributed by atoms with Gasteiger partial charge in [-0.3, -0.25) is 0 Å². The number of benzene rings is 10. The van der Waals surface area contributed by atoms with Crippen molar-refractivity contribution in [3.63, 3.8) is 0 Å². The molecule has 2 heterocycles. The summed E-state index contributed by atoms with van der Waals surface area (Å²) in [4.78, 5) is 10.3. The van der Waals surface area contributed by atoms with E-state index in [1.165, 1.54) is 74.7 Å². The first-order valence-electron chi connectivity index (χ1n) is 20.7. The lowest BCUT2D eigenvalue weighted by atomic mass is 9.89. The average Bonchev–Trinajstić information content (AvgIpc) is 3.72. The van der Waals surface area contributed by atoms with E-state index < -0.39 is 0 Å². The van der Waals surface area contributed by atoms with Gasteiger partial charge in [0, 0.05) is 36.9 Å². The Balaban J connectivity index is 0.894. The van der Waals surface area contributed by atoms with E-state index in [0.29, 0.717) is 5.82 Å². The van der Waals surface area contributed by atoms with Crippen molar-refractivity contribution in [1.82, 2.24) is 9.97 Å². The SMILES string of the molecule is c1ccc(-c2nc(-c3ccc(-c4ccc(-c5c6ccccc6cc6c5ccc5ccccc56)cc4)cc3)cc(-c3cccc(-c4ccc5c(c4)sc4ccccc45)c3)n2)cc1. The van der Waals surface area contributed by atoms with Crippen LogP contribution >= 0.6 is 11.3 Å². The van der Waals surface area contributed by atoms with Crippen LogP contribution in [-0.2, 0) is 0 Å². The lowest BCUT2D eigenvalue weighted by Crippen LogP contribution is -1.96. The van der Waals surface area contributed by atoms with E-state index in [9.17, 15) is 0 Å². The molecule has 12 aromatic rings. The quantitative estimate of drug-likeness (QED) is 0.124. The van der Waals surface area contributed by atoms with Crippen molar-refractivity contribution in [2.45, 2.75) is 0 Å². The first-order chi connectivity index (χ1) is 30.2. The highest BCUT2D eigenvalue weighted by Gasteiger charge is 2.15. The fourth-order valence-electron chi connectivity index (χ4n) is 9.02. The molecular weight excluding hydrogens is 757 g/mol. The lowest BCUT2D eigenvalue weighted by molar-refractivity contribution is 1.18. The minimum absolute atomic E-state index is 0.707. The number of nitrogens with zero attached hydrogens (tertiary/aromatic N) is 2. The number of hydrogen-bond donors (Lipinski definition) is 0. The number of hydrogen-bond acceptors (Lipinski definition) is 3. The van der Waals surface area contributed by atoms with Crippen molar-refractivity contribution < 1.29 is 0 Å². The zero-order valence-corrected chi connectivity index (χ0v) is 33.9. The third kappa shape index (κ3) is 6.26. The van der Waals surface area contributed by atoms with Crippen LogP contribution in [0.1, 0.15) is 0 Å². The van der Waals surface area contributed by atoms with Gasteiger partial charge in [-0.15, -0.1) is 11.3 Å². The summed E-state index contributed by atoms with van der Waals surface area (Å²) in [6.07, 6.45) is 0. The molecule has 0 bridgehead atoms. The molecule has 0 atom stereocenters. The van der Waals surface area contributed by atoms with Crippen molar-refractivity contribution in [3.8, 4) is 67.3 Å². The zero-order chi connectivity index (χ0) is 40.3. The summed E-state index contributed by atoms with van der Waals surface area (Å²) in [5.74, 6) is 0.707. The second-order valence-electron chi connectivity index (χ2n) is 15.7. The largest absolute Gasteiger partial charge is 0.228 e. The molecule has 12 rings (SSSR count). The van der Waals surface area contributed by atoms with Gasteiger partial charge in [-0.2, -0.15) is 0 Å². The molecule has 2 aromatic heterocycles. The van der Waals surface area contributed by atoms with Crippen LogP contribution in [0.5, 0.6) is 0 Å². The number of thiophene rings is 1. The van der Waals surface area contributed by atoms with Gasteiger partial charge in [-0.05, 0) is 96.0 Å². The minimum atomic E-state index is 0.707. The molecule has 0 aliphatic rings. The number of rotatable bonds is 6. The molecule has 0 spiro atoms. The van der Waals surface area contributed by atoms with Gasteiger partial charge in [0.05, 0.1) is 11.4 Å². The van der Waals surface area contributed by atoms with E-state index in [-0.39, 0.29) is 0 Å². The van der Waals surface area contributed by atoms with E-state index in [1.54, 1.807) is 0 Å². The summed E-state index contributed by atoms with van der Waals surface area (Å²) < 4.78 is 2.61. The predicted octanol–water partition coefficient (Wildman–Crippen LogP) is 16.3. The molecule has 3 heteroatoms. The molecule has 0 aliphatic heterocycles. The Morgan fingerprint density at radius 1 is 0.262 bits per heavy atom. The molecule has 10 aromatic carbocycles. The van der Waals surface area contributed by atoms with Crippen LogP contribution < -0.4 is 0 Å². The lowest BCUT2D eigenvalue weighted by Gasteiger charge is -2.14. The molecule has 0 saturated heterocycles. The van der Waals surface area contributed by atoms with Crippen LogP contribution in [0.15, 0.2) is 218 Å². The summed E-state index contributed by atoms with van der Waals surface area (Å²) >= 11 is 1.85. The molecule has 0 fully saturated rings. The van der Waals surface area contributed by atoms with Gasteiger partial charge in [0.15, 0.2) is 5.82 Å². The smallest absolute Gasteiger partial charge is 0.160 e. The predicted molar refractivity (Wildman–Crippen MR) is 260 cm³/mol. The van der Waals surface area contributed by atoms with Gasteiger partial charge in [0.25, 0.3) is 0 Å². The van der Waals surface area contributed by atoms with Crippen LogP contribution in [0.25, 0.3) is 120 Å². The summed E-state index contributed by atoms with van der Waals surface area (Å²) in [6, 6.07) is 78.8. The Morgan fingerprint density at radius 2 is 0.820 bits per heavy atom. The second kappa shape index (κ2) is 14.5. The van der Waals surface area contributed by atoms with Crippen molar-refractivity contribution >= 4 is 63.8 Å². The third-order valence-electron chi connectivity index (χ3n) is 12.1. The van der Waals surface area contributed by atoms with Crippen molar-refractivity contribution in [3.05, 3.63) is 218 Å². The summed E-state index contributed by atoms with van der Waals surface area (Å²) in [6.45, 7) is 0. The van der Waals surface area contributed by atoms with E-state index in [1.807, 2.05) is 29.5 Å². The van der Waals surface area contributed by atoms with Crippen molar-refractivity contribution in [1.29, 1.82) is 0 Å². The Labute approximate surface area is 357 Å². The van der Waals surface area contributed by atoms with Gasteiger partial charge in [-0.25, -0.2) is 9.97 Å². The fourth-order valence-corrected chi connectivity index (χ4v) is 10.2. The first kappa shape index (κ1) is 35.2. The Kier molecular flexibility index (Phi) is 8.39. The molecule has 0 amide bonds. The standard InChI is InChI=1S/C58H36N2S/c1-2-12-42(13-3-1)58-59-53(36-54(60-58)46-16-10-15-43(33-46)44-30-31-50-49-19-8-9-20-55(49)61-56(50)35-44)40-25-21-37(22-26-40)38-23-27-41(28-24-38)57-48-18-7-5-14-45(48)34-52-47-17-6-4-11-39(47)29-32-51(52)57/h1-36H. The normalized spacial score (nSPS) is 11.6. The van der Waals surface area contributed by atoms with Crippen LogP contribution in [0.3, 0.4) is 0 Å². The summed E-state index contributed by atoms with van der Waals surface area (Å²) in [5.41, 5.74) is 12.0. The van der Waals surface area contributed by atoms with E-state index in [0.717, 1.165) is 39.2 Å². The van der Waals surface area contributed by atoms with E-state index >= 15 is 0 Å². The molecule has 0 N–H and O–H groups in total. The maximum absolute atomic E-state index is 5.15. The van der Waals surface area contributed by atoms with Gasteiger partial charge in [-0.1, -0.05) is 188 Å². The van der Waals surface area contributed by atoms with Gasteiger partial charge < -0.3 is 0 Å². The third-order valence-corrected chi connectivity index (χ3v) is 13.2. The molecule has 0 saturated carbocycles. The topological polar surface area (TPSA) is 25.8 Å². The highest BCUT2D eigenvalue weighted by molar-refractivity contribution is 7.25. The molecule has 0 radical (unpaired) electrons. The Morgan fingerprint density at radius 3 is 1.62 bits per heavy atom. The highest BCUT2D eigenvalue weighted by Crippen LogP contribution is 2.41. The van der Waals surface area contributed by atoms with Gasteiger partial charge in [0.2, 0.25) is 0 Å². The van der Waals surface area contributed by atoms with Crippen molar-refractivity contribution in [2.75, 3.05) is 0 Å². The van der Waals surface area contributed by atoms with Crippen LogP contribution in [0.4, 0.5) is 0 Å². The van der Waals surface area contributed by atoms with E-state index in [4.69, 9.17) is 9.97 Å². The number of fused-ring (bicyclic) bond motifs is 7. The molecule has 284 valence electrons. The second-order valence-corrected chi connectivity index (χ2v) is 16.8. The highest BCUT2D eigenvalue weighted by atomic mass is 32.1. The average molecular weight is 793 g/mol. The van der Waals surface area contributed by atoms with Crippen LogP contribution in [0, 0.1) is 0 Å². The number of aromatic nitrogens is 2. The Hall–Kier alpha value is -7.72. The fraction of sp³-hybridized carbons (Fsp3) is 0. The van der Waals surface area contributed by atoms with E-state index in [2.05, 4.69) is 200 Å². The summed E-state index contributed by atoms with van der Waals surface area (Å²) in [7, 11) is 0. The maximum Gasteiger partial charge on any atom is 0.160 e. The summed E-state index contributed by atoms with van der Waals surface area (Å²) in [5, 5.41) is 10.2. The first-order valence-corrected chi connectivity index (χ1v) is 21.5. The molecule has 61 heavy (non-hydrogen) atoms. The van der Waals surface area contributed by atoms with Gasteiger partial charge in [0.1, 0.15) is 0 Å². The Bertz CT molecular complexity index is 3620. The maximum atomic E-state index is 5.15. The van der Waals surface area contributed by atoms with Crippen molar-refractivity contribution in [2.24, 2.45) is 0 Å². The van der Waals surface area contributed by atoms with Gasteiger partial charge >= 0.3 is 0 Å². The molecule has 0 unspecified atom stereocenters.